The summed E-state index contributed by atoms with van der Waals surface area (Å²) in [5.74, 6) is -0.0864. The van der Waals surface area contributed by atoms with Crippen LogP contribution in [0.2, 0.25) is 0 Å². The Balaban J connectivity index is 1.81. The lowest BCUT2D eigenvalue weighted by molar-refractivity contribution is 0.0975. The maximum atomic E-state index is 13.5. The van der Waals surface area contributed by atoms with Gasteiger partial charge >= 0.3 is 0 Å². The highest BCUT2D eigenvalue weighted by Crippen LogP contribution is 2.33. The zero-order valence-corrected chi connectivity index (χ0v) is 17.0. The number of carbonyl (C=O) groups is 1. The van der Waals surface area contributed by atoms with Crippen LogP contribution >= 0.6 is 11.3 Å². The Morgan fingerprint density at radius 3 is 2.64 bits per heavy atom. The Morgan fingerprint density at radius 2 is 1.89 bits per heavy atom. The number of fused-ring (bicyclic) bond motifs is 1. The van der Waals surface area contributed by atoms with Gasteiger partial charge in [-0.05, 0) is 49.6 Å². The van der Waals surface area contributed by atoms with Crippen molar-refractivity contribution in [1.29, 1.82) is 0 Å². The van der Waals surface area contributed by atoms with Crippen LogP contribution in [0.3, 0.4) is 0 Å². The number of thiazole rings is 1. The Morgan fingerprint density at radius 1 is 1.11 bits per heavy atom. The predicted octanol–water partition coefficient (Wildman–Crippen LogP) is 4.98. The molecule has 0 fully saturated rings. The molecule has 0 radical (unpaired) electrons. The van der Waals surface area contributed by atoms with Crippen molar-refractivity contribution >= 4 is 32.6 Å². The Kier molecular flexibility index (Phi) is 4.96. The summed E-state index contributed by atoms with van der Waals surface area (Å²) in [5.41, 5.74) is 4.96. The molecule has 0 aliphatic heterocycles. The Labute approximate surface area is 168 Å². The van der Waals surface area contributed by atoms with E-state index in [-0.39, 0.29) is 5.91 Å². The van der Waals surface area contributed by atoms with Gasteiger partial charge in [0.05, 0.1) is 16.8 Å². The Bertz CT molecular complexity index is 1130. The topological polar surface area (TPSA) is 51.0 Å². The van der Waals surface area contributed by atoms with E-state index in [0.717, 1.165) is 21.3 Å². The molecule has 0 bridgehead atoms. The first-order valence-corrected chi connectivity index (χ1v) is 10.1. The molecule has 1 amide bonds. The normalized spacial score (nSPS) is 11.1. The van der Waals surface area contributed by atoms with Gasteiger partial charge < -0.3 is 0 Å². The number of aryl methyl sites for hydroxylation is 3. The number of hydrogen-bond acceptors (Lipinski definition) is 4. The van der Waals surface area contributed by atoms with E-state index in [1.807, 2.05) is 37.3 Å². The molecule has 0 atom stereocenters. The highest BCUT2D eigenvalue weighted by atomic mass is 32.1. The number of benzene rings is 2. The van der Waals surface area contributed by atoms with Crippen molar-refractivity contribution < 1.29 is 4.79 Å². The molecule has 0 saturated heterocycles. The van der Waals surface area contributed by atoms with Gasteiger partial charge in [-0.2, -0.15) is 5.10 Å². The summed E-state index contributed by atoms with van der Waals surface area (Å²) in [4.78, 5) is 20.1. The lowest BCUT2D eigenvalue weighted by Crippen LogP contribution is -2.32. The fourth-order valence-electron chi connectivity index (χ4n) is 3.23. The summed E-state index contributed by atoms with van der Waals surface area (Å²) >= 11 is 1.55. The quantitative estimate of drug-likeness (QED) is 0.483. The standard InChI is InChI=1S/C22H22N4OS/c1-4-26-18(12-13-23-26)21(27)25(14-17-8-6-5-7-9-17)22-24-20-16(3)15(2)10-11-19(20)28-22/h5-13H,4,14H2,1-3H3. The molecule has 4 rings (SSSR count). The minimum Gasteiger partial charge on any atom is -0.278 e. The summed E-state index contributed by atoms with van der Waals surface area (Å²) < 4.78 is 2.82. The maximum Gasteiger partial charge on any atom is 0.278 e. The SMILES string of the molecule is CCn1nccc1C(=O)N(Cc1ccccc1)c1nc2c(C)c(C)ccc2s1. The van der Waals surface area contributed by atoms with Crippen LogP contribution in [0.25, 0.3) is 10.2 Å². The second kappa shape index (κ2) is 7.56. The molecule has 28 heavy (non-hydrogen) atoms. The van der Waals surface area contributed by atoms with Gasteiger partial charge in [-0.15, -0.1) is 0 Å². The van der Waals surface area contributed by atoms with Crippen LogP contribution in [0.4, 0.5) is 5.13 Å². The molecule has 0 spiro atoms. The van der Waals surface area contributed by atoms with E-state index in [0.29, 0.717) is 23.9 Å². The van der Waals surface area contributed by atoms with Gasteiger partial charge in [0, 0.05) is 12.7 Å². The monoisotopic (exact) mass is 390 g/mol. The van der Waals surface area contributed by atoms with Crippen LogP contribution in [-0.4, -0.2) is 20.7 Å². The molecule has 0 aliphatic rings. The second-order valence-electron chi connectivity index (χ2n) is 6.76. The Hall–Kier alpha value is -2.99. The molecule has 4 aromatic rings. The van der Waals surface area contributed by atoms with Crippen molar-refractivity contribution in [3.05, 3.63) is 77.1 Å². The number of rotatable bonds is 5. The second-order valence-corrected chi connectivity index (χ2v) is 7.77. The summed E-state index contributed by atoms with van der Waals surface area (Å²) in [6.45, 7) is 7.25. The molecule has 0 N–H and O–H groups in total. The molecule has 5 nitrogen and oxygen atoms in total. The van der Waals surface area contributed by atoms with Gasteiger partial charge in [-0.1, -0.05) is 47.7 Å². The molecule has 0 unspecified atom stereocenters. The van der Waals surface area contributed by atoms with Crippen molar-refractivity contribution in [2.24, 2.45) is 0 Å². The van der Waals surface area contributed by atoms with Gasteiger partial charge in [0.1, 0.15) is 5.69 Å². The van der Waals surface area contributed by atoms with E-state index < -0.39 is 0 Å². The predicted molar refractivity (Wildman–Crippen MR) is 114 cm³/mol. The lowest BCUT2D eigenvalue weighted by Gasteiger charge is -2.20. The van der Waals surface area contributed by atoms with Crippen molar-refractivity contribution in [2.45, 2.75) is 33.9 Å². The van der Waals surface area contributed by atoms with E-state index in [2.05, 4.69) is 31.1 Å². The molecule has 2 aromatic heterocycles. The van der Waals surface area contributed by atoms with Crippen molar-refractivity contribution in [1.82, 2.24) is 14.8 Å². The van der Waals surface area contributed by atoms with Gasteiger partial charge in [-0.25, -0.2) is 4.98 Å². The fourth-order valence-corrected chi connectivity index (χ4v) is 4.25. The van der Waals surface area contributed by atoms with Crippen molar-refractivity contribution in [3.63, 3.8) is 0 Å². The molecule has 6 heteroatoms. The number of aromatic nitrogens is 3. The van der Waals surface area contributed by atoms with Gasteiger partial charge in [0.15, 0.2) is 5.13 Å². The fraction of sp³-hybridized carbons (Fsp3) is 0.227. The highest BCUT2D eigenvalue weighted by Gasteiger charge is 2.24. The zero-order chi connectivity index (χ0) is 19.7. The maximum absolute atomic E-state index is 13.5. The third-order valence-corrected chi connectivity index (χ3v) is 6.01. The minimum absolute atomic E-state index is 0.0864. The van der Waals surface area contributed by atoms with Crippen LogP contribution in [0, 0.1) is 13.8 Å². The summed E-state index contributed by atoms with van der Waals surface area (Å²) in [6, 6.07) is 16.0. The zero-order valence-electron chi connectivity index (χ0n) is 16.2. The number of hydrogen-bond donors (Lipinski definition) is 0. The van der Waals surface area contributed by atoms with Gasteiger partial charge in [-0.3, -0.25) is 14.4 Å². The molecular weight excluding hydrogens is 368 g/mol. The summed E-state index contributed by atoms with van der Waals surface area (Å²) in [6.07, 6.45) is 1.67. The van der Waals surface area contributed by atoms with E-state index in [1.165, 1.54) is 5.56 Å². The third kappa shape index (κ3) is 3.31. The van der Waals surface area contributed by atoms with Crippen LogP contribution < -0.4 is 4.90 Å². The number of anilines is 1. The van der Waals surface area contributed by atoms with E-state index in [4.69, 9.17) is 4.98 Å². The first-order chi connectivity index (χ1) is 13.6. The molecule has 0 aliphatic carbocycles. The van der Waals surface area contributed by atoms with E-state index in [9.17, 15) is 4.79 Å². The molecule has 2 heterocycles. The smallest absolute Gasteiger partial charge is 0.278 e. The van der Waals surface area contributed by atoms with E-state index in [1.54, 1.807) is 33.2 Å². The van der Waals surface area contributed by atoms with Gasteiger partial charge in [0.25, 0.3) is 5.91 Å². The number of amides is 1. The molecule has 0 saturated carbocycles. The summed E-state index contributed by atoms with van der Waals surface area (Å²) in [5, 5.41) is 4.97. The van der Waals surface area contributed by atoms with Crippen LogP contribution in [-0.2, 0) is 13.1 Å². The minimum atomic E-state index is -0.0864. The van der Waals surface area contributed by atoms with Crippen molar-refractivity contribution in [3.8, 4) is 0 Å². The molecular formula is C22H22N4OS. The van der Waals surface area contributed by atoms with Crippen LogP contribution in [0.1, 0.15) is 34.1 Å². The highest BCUT2D eigenvalue weighted by molar-refractivity contribution is 7.22. The molecule has 2 aromatic carbocycles. The summed E-state index contributed by atoms with van der Waals surface area (Å²) in [7, 11) is 0. The number of nitrogens with zero attached hydrogens (tertiary/aromatic N) is 4. The largest absolute Gasteiger partial charge is 0.278 e. The van der Waals surface area contributed by atoms with Crippen LogP contribution in [0.15, 0.2) is 54.7 Å². The first kappa shape index (κ1) is 18.4. The average Bonchev–Trinajstić information content (AvgIpc) is 3.36. The molecule has 142 valence electrons. The first-order valence-electron chi connectivity index (χ1n) is 9.33. The lowest BCUT2D eigenvalue weighted by atomic mass is 10.1. The van der Waals surface area contributed by atoms with E-state index >= 15 is 0 Å². The third-order valence-electron chi connectivity index (χ3n) is 4.97. The van der Waals surface area contributed by atoms with Crippen LogP contribution in [0.5, 0.6) is 0 Å². The van der Waals surface area contributed by atoms with Gasteiger partial charge in [0.2, 0.25) is 0 Å². The number of carbonyl (C=O) groups excluding carboxylic acids is 1. The average molecular weight is 391 g/mol. The van der Waals surface area contributed by atoms with Crippen molar-refractivity contribution in [2.75, 3.05) is 4.90 Å².